The molecule has 5 heteroatoms. The van der Waals surface area contributed by atoms with E-state index in [0.717, 1.165) is 24.9 Å². The van der Waals surface area contributed by atoms with Crippen molar-refractivity contribution >= 4 is 23.1 Å². The van der Waals surface area contributed by atoms with Gasteiger partial charge >= 0.3 is 0 Å². The highest BCUT2D eigenvalue weighted by Crippen LogP contribution is 2.18. The number of nitrogens with zero attached hydrogens (tertiary/aromatic N) is 1. The van der Waals surface area contributed by atoms with Gasteiger partial charge in [0.25, 0.3) is 0 Å². The number of amides is 1. The van der Waals surface area contributed by atoms with E-state index in [9.17, 15) is 4.79 Å². The molecule has 1 amide bonds. The topological polar surface area (TPSA) is 55.6 Å². The molecule has 0 aliphatic carbocycles. The van der Waals surface area contributed by atoms with Crippen LogP contribution in [0.5, 0.6) is 5.75 Å². The van der Waals surface area contributed by atoms with Crippen LogP contribution < -0.4 is 10.5 Å². The zero-order valence-corrected chi connectivity index (χ0v) is 11.6. The van der Waals surface area contributed by atoms with Crippen LogP contribution in [0.4, 0.5) is 0 Å². The molecule has 0 unspecified atom stereocenters. The second kappa shape index (κ2) is 6.52. The number of hydrogen-bond donors (Lipinski definition) is 1. The third-order valence-corrected chi connectivity index (χ3v) is 3.41. The Bertz CT molecular complexity index is 476. The Kier molecular flexibility index (Phi) is 4.74. The van der Waals surface area contributed by atoms with Crippen LogP contribution in [-0.4, -0.2) is 35.5 Å². The Morgan fingerprint density at radius 3 is 2.89 bits per heavy atom. The highest BCUT2D eigenvalue weighted by molar-refractivity contribution is 7.80. The van der Waals surface area contributed by atoms with Crippen molar-refractivity contribution in [2.45, 2.75) is 19.3 Å². The Morgan fingerprint density at radius 1 is 1.37 bits per heavy atom. The summed E-state index contributed by atoms with van der Waals surface area (Å²) < 4.78 is 5.69. The molecule has 19 heavy (non-hydrogen) atoms. The molecular weight excluding hydrogens is 260 g/mol. The van der Waals surface area contributed by atoms with Gasteiger partial charge in [-0.2, -0.15) is 0 Å². The number of likely N-dealkylation sites (tertiary alicyclic amines) is 1. The molecule has 0 radical (unpaired) electrons. The van der Waals surface area contributed by atoms with Crippen molar-refractivity contribution < 1.29 is 9.53 Å². The van der Waals surface area contributed by atoms with Crippen LogP contribution in [-0.2, 0) is 4.79 Å². The number of para-hydroxylation sites is 1. The summed E-state index contributed by atoms with van der Waals surface area (Å²) in [5, 5.41) is 0. The number of ether oxygens (including phenoxy) is 1. The number of carbonyl (C=O) groups is 1. The van der Waals surface area contributed by atoms with E-state index in [0.29, 0.717) is 30.3 Å². The lowest BCUT2D eigenvalue weighted by Crippen LogP contribution is -2.38. The van der Waals surface area contributed by atoms with Gasteiger partial charge in [-0.25, -0.2) is 0 Å². The molecule has 0 atom stereocenters. The predicted molar refractivity (Wildman–Crippen MR) is 78.3 cm³/mol. The predicted octanol–water partition coefficient (Wildman–Crippen LogP) is 1.71. The molecule has 2 rings (SSSR count). The van der Waals surface area contributed by atoms with E-state index in [1.165, 1.54) is 0 Å². The van der Waals surface area contributed by atoms with E-state index in [1.54, 1.807) is 0 Å². The third-order valence-electron chi connectivity index (χ3n) is 3.19. The quantitative estimate of drug-likeness (QED) is 0.833. The van der Waals surface area contributed by atoms with E-state index in [2.05, 4.69) is 0 Å². The molecule has 0 aromatic heterocycles. The number of hydrogen-bond acceptors (Lipinski definition) is 3. The normalized spacial score (nSPS) is 15.4. The minimum absolute atomic E-state index is 0.220. The molecule has 1 aromatic carbocycles. The summed E-state index contributed by atoms with van der Waals surface area (Å²) in [5.41, 5.74) is 6.38. The van der Waals surface area contributed by atoms with Gasteiger partial charge in [-0.1, -0.05) is 24.4 Å². The maximum Gasteiger partial charge on any atom is 0.222 e. The second-order valence-corrected chi connectivity index (χ2v) is 4.99. The molecular formula is C14H18N2O2S. The standard InChI is InChI=1S/C14H18N2O2S/c15-14(19)11-5-1-2-6-12(11)18-10-9-16-8-4-3-7-13(16)17/h1-2,5-6H,3-4,7-10H2,(H2,15,19). The van der Waals surface area contributed by atoms with Gasteiger partial charge in [0, 0.05) is 13.0 Å². The first kappa shape index (κ1) is 13.8. The Morgan fingerprint density at radius 2 is 2.16 bits per heavy atom. The van der Waals surface area contributed by atoms with Gasteiger partial charge in [-0.15, -0.1) is 0 Å². The fourth-order valence-corrected chi connectivity index (χ4v) is 2.33. The fraction of sp³-hybridized carbons (Fsp3) is 0.429. The largest absolute Gasteiger partial charge is 0.491 e. The zero-order valence-electron chi connectivity index (χ0n) is 10.8. The maximum atomic E-state index is 11.6. The number of thiocarbonyl (C=S) groups is 1. The van der Waals surface area contributed by atoms with Crippen molar-refractivity contribution in [1.82, 2.24) is 4.90 Å². The second-order valence-electron chi connectivity index (χ2n) is 4.55. The third kappa shape index (κ3) is 3.67. The molecule has 0 bridgehead atoms. The van der Waals surface area contributed by atoms with Crippen LogP contribution in [0.1, 0.15) is 24.8 Å². The number of benzene rings is 1. The fourth-order valence-electron chi connectivity index (χ4n) is 2.16. The van der Waals surface area contributed by atoms with Gasteiger partial charge < -0.3 is 15.4 Å². The Balaban J connectivity index is 1.89. The van der Waals surface area contributed by atoms with Gasteiger partial charge in [0.2, 0.25) is 5.91 Å². The monoisotopic (exact) mass is 278 g/mol. The van der Waals surface area contributed by atoms with Gasteiger partial charge in [0.15, 0.2) is 0 Å². The summed E-state index contributed by atoms with van der Waals surface area (Å²) in [5.74, 6) is 0.900. The smallest absolute Gasteiger partial charge is 0.222 e. The number of piperidine rings is 1. The van der Waals surface area contributed by atoms with E-state index in [-0.39, 0.29) is 5.91 Å². The minimum Gasteiger partial charge on any atom is -0.491 e. The van der Waals surface area contributed by atoms with Crippen LogP contribution in [0, 0.1) is 0 Å². The molecule has 1 fully saturated rings. The van der Waals surface area contributed by atoms with Crippen molar-refractivity contribution in [3.63, 3.8) is 0 Å². The van der Waals surface area contributed by atoms with Gasteiger partial charge in [0.1, 0.15) is 17.3 Å². The van der Waals surface area contributed by atoms with Crippen molar-refractivity contribution in [3.05, 3.63) is 29.8 Å². The molecule has 1 heterocycles. The van der Waals surface area contributed by atoms with Crippen LogP contribution in [0.25, 0.3) is 0 Å². The Labute approximate surface area is 118 Å². The van der Waals surface area contributed by atoms with E-state index >= 15 is 0 Å². The van der Waals surface area contributed by atoms with Crippen LogP contribution in [0.15, 0.2) is 24.3 Å². The maximum absolute atomic E-state index is 11.6. The van der Waals surface area contributed by atoms with Crippen LogP contribution >= 0.6 is 12.2 Å². The first-order chi connectivity index (χ1) is 9.18. The van der Waals surface area contributed by atoms with Crippen molar-refractivity contribution in [2.24, 2.45) is 5.73 Å². The highest BCUT2D eigenvalue weighted by Gasteiger charge is 2.17. The van der Waals surface area contributed by atoms with Crippen molar-refractivity contribution in [1.29, 1.82) is 0 Å². The molecule has 1 aliphatic rings. The molecule has 1 aromatic rings. The van der Waals surface area contributed by atoms with E-state index < -0.39 is 0 Å². The summed E-state index contributed by atoms with van der Waals surface area (Å²) in [6.45, 7) is 1.91. The molecule has 2 N–H and O–H groups in total. The molecule has 0 spiro atoms. The average molecular weight is 278 g/mol. The lowest BCUT2D eigenvalue weighted by atomic mass is 10.1. The Hall–Kier alpha value is -1.62. The van der Waals surface area contributed by atoms with Crippen molar-refractivity contribution in [3.8, 4) is 5.75 Å². The minimum atomic E-state index is 0.220. The lowest BCUT2D eigenvalue weighted by Gasteiger charge is -2.26. The van der Waals surface area contributed by atoms with Crippen LogP contribution in [0.3, 0.4) is 0 Å². The number of nitrogens with two attached hydrogens (primary N) is 1. The summed E-state index contributed by atoms with van der Waals surface area (Å²) in [6.07, 6.45) is 2.74. The SMILES string of the molecule is NC(=S)c1ccccc1OCCN1CCCCC1=O. The van der Waals surface area contributed by atoms with E-state index in [1.807, 2.05) is 29.2 Å². The number of rotatable bonds is 5. The lowest BCUT2D eigenvalue weighted by molar-refractivity contribution is -0.133. The highest BCUT2D eigenvalue weighted by atomic mass is 32.1. The average Bonchev–Trinajstić information content (AvgIpc) is 2.41. The van der Waals surface area contributed by atoms with Gasteiger partial charge in [0.05, 0.1) is 12.1 Å². The molecule has 102 valence electrons. The zero-order chi connectivity index (χ0) is 13.7. The van der Waals surface area contributed by atoms with Crippen LogP contribution in [0.2, 0.25) is 0 Å². The first-order valence-corrected chi connectivity index (χ1v) is 6.88. The summed E-state index contributed by atoms with van der Waals surface area (Å²) in [7, 11) is 0. The van der Waals surface area contributed by atoms with Gasteiger partial charge in [-0.3, -0.25) is 4.79 Å². The summed E-state index contributed by atoms with van der Waals surface area (Å²) >= 11 is 4.98. The number of carbonyl (C=O) groups excluding carboxylic acids is 1. The van der Waals surface area contributed by atoms with Crippen molar-refractivity contribution in [2.75, 3.05) is 19.7 Å². The summed E-state index contributed by atoms with van der Waals surface area (Å²) in [4.78, 5) is 13.8. The first-order valence-electron chi connectivity index (χ1n) is 6.48. The van der Waals surface area contributed by atoms with E-state index in [4.69, 9.17) is 22.7 Å². The molecule has 1 aliphatic heterocycles. The van der Waals surface area contributed by atoms with Gasteiger partial charge in [-0.05, 0) is 25.0 Å². The molecule has 0 saturated carbocycles. The summed E-state index contributed by atoms with van der Waals surface area (Å²) in [6, 6.07) is 7.43. The molecule has 4 nitrogen and oxygen atoms in total. The molecule has 1 saturated heterocycles.